The fourth-order valence-electron chi connectivity index (χ4n) is 0. The van der Waals surface area contributed by atoms with E-state index >= 15 is 0 Å². The molecule has 0 unspecified atom stereocenters. The topological polar surface area (TPSA) is 20.2 Å². The number of hydrogen-bond donors (Lipinski definition) is 1. The fraction of sp³-hybridized carbons (Fsp3) is 1.00. The van der Waals surface area contributed by atoms with Crippen LogP contribution in [0, 0.1) is 0 Å². The molecule has 0 rings (SSSR count). The van der Waals surface area contributed by atoms with E-state index in [2.05, 4.69) is 0 Å². The van der Waals surface area contributed by atoms with Crippen molar-refractivity contribution in [3.8, 4) is 0 Å². The van der Waals surface area contributed by atoms with Crippen molar-refractivity contribution in [3.63, 3.8) is 0 Å². The van der Waals surface area contributed by atoms with E-state index < -0.39 is 14.2 Å². The van der Waals surface area contributed by atoms with E-state index in [0.717, 1.165) is 0 Å². The Morgan fingerprint density at radius 2 is 1.50 bits per heavy atom. The Balaban J connectivity index is 2.32. The molecule has 0 amide bonds. The van der Waals surface area contributed by atoms with Gasteiger partial charge in [0.15, 0.2) is 0 Å². The van der Waals surface area contributed by atoms with Crippen molar-refractivity contribution in [2.45, 2.75) is 11.6 Å². The summed E-state index contributed by atoms with van der Waals surface area (Å²) in [5.74, 6) is 3.69. The first-order valence-electron chi connectivity index (χ1n) is 0.999. The maximum atomic E-state index is 8.18. The molecule has 0 saturated carbocycles. The molecule has 1 radical (unpaired) electrons. The zero-order valence-corrected chi connectivity index (χ0v) is 4.57. The summed E-state index contributed by atoms with van der Waals surface area (Å²) in [6, 6.07) is 0. The van der Waals surface area contributed by atoms with Crippen LogP contribution >= 0.6 is 0 Å². The van der Waals surface area contributed by atoms with Crippen LogP contribution in [0.5, 0.6) is 0 Å². The average Bonchev–Trinajstić information content (AvgIpc) is 0.811. The average molecular weight is 126 g/mol. The van der Waals surface area contributed by atoms with Gasteiger partial charge in [-0.3, -0.25) is 0 Å². The van der Waals surface area contributed by atoms with Crippen LogP contribution in [0.1, 0.15) is 0 Å². The third-order valence-electron chi connectivity index (χ3n) is 0. The Kier molecular flexibility index (Phi) is 1.98. The SMILES string of the molecule is C[Se](C)O. The van der Waals surface area contributed by atoms with Gasteiger partial charge < -0.3 is 0 Å². The van der Waals surface area contributed by atoms with Gasteiger partial charge in [0, 0.05) is 0 Å². The van der Waals surface area contributed by atoms with Crippen molar-refractivity contribution >= 4 is 14.2 Å². The van der Waals surface area contributed by atoms with Crippen LogP contribution in [-0.4, -0.2) is 18.4 Å². The summed E-state index contributed by atoms with van der Waals surface area (Å²) < 4.78 is 8.18. The molecule has 2 heteroatoms. The zero-order valence-electron chi connectivity index (χ0n) is 2.86. The molecule has 0 fully saturated rings. The molecule has 0 heterocycles. The summed E-state index contributed by atoms with van der Waals surface area (Å²) in [5.41, 5.74) is 0. The first-order chi connectivity index (χ1) is 1.73. The van der Waals surface area contributed by atoms with Crippen LogP contribution in [0.3, 0.4) is 0 Å². The van der Waals surface area contributed by atoms with Crippen LogP contribution in [0.25, 0.3) is 0 Å². The number of hydrogen-bond acceptors (Lipinski definition) is 1. The monoisotopic (exact) mass is 127 g/mol. The third kappa shape index (κ3) is 23.6. The molecule has 0 bridgehead atoms. The van der Waals surface area contributed by atoms with Gasteiger partial charge in [0.1, 0.15) is 0 Å². The molecule has 1 nitrogen and oxygen atoms in total. The van der Waals surface area contributed by atoms with Crippen LogP contribution in [0.15, 0.2) is 0 Å². The van der Waals surface area contributed by atoms with Crippen LogP contribution < -0.4 is 0 Å². The normalized spacial score (nSPS) is 9.00. The molecule has 0 aromatic heterocycles. The van der Waals surface area contributed by atoms with Crippen molar-refractivity contribution in [2.75, 3.05) is 0 Å². The molecule has 0 saturated heterocycles. The molecule has 1 N–H and O–H groups in total. The molecule has 27 valence electrons. The van der Waals surface area contributed by atoms with Crippen molar-refractivity contribution < 1.29 is 4.19 Å². The van der Waals surface area contributed by atoms with E-state index in [-0.39, 0.29) is 0 Å². The van der Waals surface area contributed by atoms with Gasteiger partial charge in [0.05, 0.1) is 0 Å². The first-order valence-corrected chi connectivity index (χ1v) is 5.19. The molecule has 0 aromatic rings. The van der Waals surface area contributed by atoms with E-state index in [9.17, 15) is 0 Å². The van der Waals surface area contributed by atoms with Gasteiger partial charge in [0.25, 0.3) is 0 Å². The Labute approximate surface area is 30.9 Å². The van der Waals surface area contributed by atoms with Gasteiger partial charge in [-0.1, -0.05) is 0 Å². The zero-order chi connectivity index (χ0) is 3.58. The Bertz CT molecular complexity index is 10.8. The predicted molar refractivity (Wildman–Crippen MR) is 19.7 cm³/mol. The Hall–Kier alpha value is 0.479. The van der Waals surface area contributed by atoms with Gasteiger partial charge in [-0.25, -0.2) is 0 Å². The van der Waals surface area contributed by atoms with Crippen molar-refractivity contribution in [1.29, 1.82) is 0 Å². The Morgan fingerprint density at radius 1 is 1.50 bits per heavy atom. The standard InChI is InChI=1S/C2H7OSe/c1-4(2)3/h3H,1-2H3. The molecule has 0 aliphatic heterocycles. The van der Waals surface area contributed by atoms with Gasteiger partial charge >= 0.3 is 30.1 Å². The molecule has 0 spiro atoms. The molecular formula is C2H7OSe. The minimum atomic E-state index is -1.04. The Morgan fingerprint density at radius 3 is 1.50 bits per heavy atom. The molecule has 0 aliphatic carbocycles. The second-order valence-electron chi connectivity index (χ2n) is 0.773. The summed E-state index contributed by atoms with van der Waals surface area (Å²) in [6.07, 6.45) is 0. The van der Waals surface area contributed by atoms with Gasteiger partial charge in [-0.2, -0.15) is 0 Å². The summed E-state index contributed by atoms with van der Waals surface area (Å²) in [5, 5.41) is 0. The summed E-state index contributed by atoms with van der Waals surface area (Å²) >= 11 is -1.04. The number of rotatable bonds is 0. The van der Waals surface area contributed by atoms with Crippen LogP contribution in [0.4, 0.5) is 0 Å². The fourth-order valence-corrected chi connectivity index (χ4v) is 0. The minimum absolute atomic E-state index is 1.04. The van der Waals surface area contributed by atoms with Gasteiger partial charge in [-0.05, 0) is 0 Å². The molecule has 4 heavy (non-hydrogen) atoms. The third-order valence-corrected chi connectivity index (χ3v) is 0. The van der Waals surface area contributed by atoms with Crippen molar-refractivity contribution in [1.82, 2.24) is 0 Å². The van der Waals surface area contributed by atoms with Crippen molar-refractivity contribution in [3.05, 3.63) is 0 Å². The summed E-state index contributed by atoms with van der Waals surface area (Å²) in [7, 11) is 0. The molecular weight excluding hydrogens is 119 g/mol. The van der Waals surface area contributed by atoms with Crippen molar-refractivity contribution in [2.24, 2.45) is 0 Å². The van der Waals surface area contributed by atoms with E-state index in [1.54, 1.807) is 0 Å². The van der Waals surface area contributed by atoms with E-state index in [1.165, 1.54) is 0 Å². The molecule has 0 atom stereocenters. The van der Waals surface area contributed by atoms with Crippen LogP contribution in [-0.2, 0) is 0 Å². The second kappa shape index (κ2) is 1.77. The van der Waals surface area contributed by atoms with Crippen LogP contribution in [0.2, 0.25) is 11.6 Å². The summed E-state index contributed by atoms with van der Waals surface area (Å²) in [4.78, 5) is 0. The van der Waals surface area contributed by atoms with E-state index in [0.29, 0.717) is 0 Å². The van der Waals surface area contributed by atoms with Gasteiger partial charge in [0.2, 0.25) is 0 Å². The predicted octanol–water partition coefficient (Wildman–Crippen LogP) is 0.230. The first kappa shape index (κ1) is 4.48. The quantitative estimate of drug-likeness (QED) is 0.460. The summed E-state index contributed by atoms with van der Waals surface area (Å²) in [6.45, 7) is 0. The van der Waals surface area contributed by atoms with Gasteiger partial charge in [-0.15, -0.1) is 0 Å². The van der Waals surface area contributed by atoms with E-state index in [4.69, 9.17) is 4.19 Å². The molecule has 0 aliphatic rings. The molecule has 0 aromatic carbocycles. The maximum absolute atomic E-state index is 8.18. The second-order valence-corrected chi connectivity index (χ2v) is 4.02. The van der Waals surface area contributed by atoms with E-state index in [1.807, 2.05) is 11.6 Å².